The quantitative estimate of drug-likeness (QED) is 0.766. The molecule has 0 saturated carbocycles. The minimum atomic E-state index is 0.0844. The van der Waals surface area contributed by atoms with Crippen LogP contribution < -0.4 is 10.6 Å². The highest BCUT2D eigenvalue weighted by Gasteiger charge is 2.24. The van der Waals surface area contributed by atoms with Crippen LogP contribution in [-0.4, -0.2) is 19.0 Å². The Hall–Kier alpha value is -1.86. The summed E-state index contributed by atoms with van der Waals surface area (Å²) in [6.45, 7) is 2.03. The fraction of sp³-hybridized carbons (Fsp3) is 0.333. The molecule has 1 amide bonds. The van der Waals surface area contributed by atoms with Crippen LogP contribution in [0.15, 0.2) is 24.3 Å². The minimum Gasteiger partial charge on any atom is -0.352 e. The molecule has 1 saturated heterocycles. The zero-order chi connectivity index (χ0) is 11.4. The summed E-state index contributed by atoms with van der Waals surface area (Å²) in [4.78, 5) is 11.5. The minimum absolute atomic E-state index is 0.0844. The zero-order valence-corrected chi connectivity index (χ0v) is 8.86. The molecule has 2 rings (SSSR count). The standard InChI is InChI=1S/C12H13N3O/c13-5-9-2-1-3-10(4-9)6-15-12(16)11-7-14-8-11/h1-4,11,14H,6-8H2,(H,15,16). The molecule has 0 aromatic heterocycles. The second-order valence-electron chi connectivity index (χ2n) is 3.89. The van der Waals surface area contributed by atoms with E-state index in [0.717, 1.165) is 18.7 Å². The second kappa shape index (κ2) is 4.77. The van der Waals surface area contributed by atoms with Gasteiger partial charge in [-0.3, -0.25) is 4.79 Å². The summed E-state index contributed by atoms with van der Waals surface area (Å²) in [6, 6.07) is 9.35. The van der Waals surface area contributed by atoms with Gasteiger partial charge in [0.15, 0.2) is 0 Å². The van der Waals surface area contributed by atoms with Gasteiger partial charge in [0.1, 0.15) is 0 Å². The van der Waals surface area contributed by atoms with E-state index in [1.807, 2.05) is 12.1 Å². The van der Waals surface area contributed by atoms with Crippen LogP contribution in [0.5, 0.6) is 0 Å². The Morgan fingerprint density at radius 2 is 2.38 bits per heavy atom. The lowest BCUT2D eigenvalue weighted by Crippen LogP contribution is -2.50. The van der Waals surface area contributed by atoms with Gasteiger partial charge >= 0.3 is 0 Å². The normalized spacial score (nSPS) is 14.9. The highest BCUT2D eigenvalue weighted by atomic mass is 16.2. The van der Waals surface area contributed by atoms with Crippen molar-refractivity contribution in [1.82, 2.24) is 10.6 Å². The van der Waals surface area contributed by atoms with Gasteiger partial charge < -0.3 is 10.6 Å². The molecule has 1 aliphatic heterocycles. The molecule has 1 fully saturated rings. The summed E-state index contributed by atoms with van der Waals surface area (Å²) in [5.41, 5.74) is 1.58. The maximum absolute atomic E-state index is 11.5. The van der Waals surface area contributed by atoms with Gasteiger partial charge in [0.05, 0.1) is 17.6 Å². The van der Waals surface area contributed by atoms with E-state index in [0.29, 0.717) is 12.1 Å². The fourth-order valence-electron chi connectivity index (χ4n) is 1.56. The van der Waals surface area contributed by atoms with Crippen molar-refractivity contribution in [3.05, 3.63) is 35.4 Å². The molecular formula is C12H13N3O. The van der Waals surface area contributed by atoms with E-state index in [-0.39, 0.29) is 11.8 Å². The molecule has 1 aliphatic rings. The lowest BCUT2D eigenvalue weighted by atomic mass is 10.0. The molecule has 4 nitrogen and oxygen atoms in total. The molecule has 0 unspecified atom stereocenters. The smallest absolute Gasteiger partial charge is 0.225 e. The number of amides is 1. The fourth-order valence-corrected chi connectivity index (χ4v) is 1.56. The van der Waals surface area contributed by atoms with E-state index in [1.165, 1.54) is 0 Å². The van der Waals surface area contributed by atoms with Crippen molar-refractivity contribution >= 4 is 5.91 Å². The Bertz CT molecular complexity index is 432. The highest BCUT2D eigenvalue weighted by molar-refractivity contribution is 5.79. The van der Waals surface area contributed by atoms with Gasteiger partial charge in [0, 0.05) is 19.6 Å². The van der Waals surface area contributed by atoms with Crippen LogP contribution in [0.2, 0.25) is 0 Å². The van der Waals surface area contributed by atoms with Gasteiger partial charge in [0.25, 0.3) is 0 Å². The van der Waals surface area contributed by atoms with Crippen LogP contribution in [0.3, 0.4) is 0 Å². The van der Waals surface area contributed by atoms with Gasteiger partial charge in [-0.1, -0.05) is 12.1 Å². The molecule has 0 atom stereocenters. The molecule has 16 heavy (non-hydrogen) atoms. The number of carbonyl (C=O) groups is 1. The van der Waals surface area contributed by atoms with Crippen LogP contribution in [0.4, 0.5) is 0 Å². The third kappa shape index (κ3) is 2.38. The number of nitrogens with one attached hydrogen (secondary N) is 2. The molecule has 0 aliphatic carbocycles. The summed E-state index contributed by atoms with van der Waals surface area (Å²) >= 11 is 0. The van der Waals surface area contributed by atoms with Gasteiger partial charge in [-0.05, 0) is 17.7 Å². The second-order valence-corrected chi connectivity index (χ2v) is 3.89. The Kier molecular flexibility index (Phi) is 3.18. The topological polar surface area (TPSA) is 64.9 Å². The first-order chi connectivity index (χ1) is 7.79. The van der Waals surface area contributed by atoms with Gasteiger partial charge in [-0.15, -0.1) is 0 Å². The summed E-state index contributed by atoms with van der Waals surface area (Å²) in [6.07, 6.45) is 0. The molecular weight excluding hydrogens is 202 g/mol. The van der Waals surface area contributed by atoms with Gasteiger partial charge in [0.2, 0.25) is 5.91 Å². The summed E-state index contributed by atoms with van der Waals surface area (Å²) in [5, 5.41) is 14.6. The predicted molar refractivity (Wildman–Crippen MR) is 59.4 cm³/mol. The maximum Gasteiger partial charge on any atom is 0.225 e. The number of hydrogen-bond acceptors (Lipinski definition) is 3. The molecule has 0 spiro atoms. The maximum atomic E-state index is 11.5. The SMILES string of the molecule is N#Cc1cccc(CNC(=O)C2CNC2)c1. The van der Waals surface area contributed by atoms with E-state index in [9.17, 15) is 4.79 Å². The third-order valence-electron chi connectivity index (χ3n) is 2.68. The first-order valence-corrected chi connectivity index (χ1v) is 5.27. The van der Waals surface area contributed by atoms with Crippen molar-refractivity contribution in [3.63, 3.8) is 0 Å². The summed E-state index contributed by atoms with van der Waals surface area (Å²) < 4.78 is 0. The zero-order valence-electron chi connectivity index (χ0n) is 8.86. The molecule has 82 valence electrons. The first kappa shape index (κ1) is 10.7. The first-order valence-electron chi connectivity index (χ1n) is 5.27. The van der Waals surface area contributed by atoms with Crippen molar-refractivity contribution < 1.29 is 4.79 Å². The number of hydrogen-bond donors (Lipinski definition) is 2. The number of carbonyl (C=O) groups excluding carboxylic acids is 1. The number of nitriles is 1. The molecule has 0 bridgehead atoms. The average molecular weight is 215 g/mol. The summed E-state index contributed by atoms with van der Waals surface area (Å²) in [7, 11) is 0. The number of rotatable bonds is 3. The van der Waals surface area contributed by atoms with Crippen molar-refractivity contribution in [2.75, 3.05) is 13.1 Å². The Morgan fingerprint density at radius 1 is 1.56 bits per heavy atom. The van der Waals surface area contributed by atoms with Crippen molar-refractivity contribution in [2.45, 2.75) is 6.54 Å². The molecule has 2 N–H and O–H groups in total. The third-order valence-corrected chi connectivity index (χ3v) is 2.68. The van der Waals surface area contributed by atoms with E-state index >= 15 is 0 Å². The van der Waals surface area contributed by atoms with Crippen molar-refractivity contribution in [2.24, 2.45) is 5.92 Å². The largest absolute Gasteiger partial charge is 0.352 e. The van der Waals surface area contributed by atoms with E-state index in [4.69, 9.17) is 5.26 Å². The van der Waals surface area contributed by atoms with Crippen LogP contribution in [0.1, 0.15) is 11.1 Å². The highest BCUT2D eigenvalue weighted by Crippen LogP contribution is 2.06. The van der Waals surface area contributed by atoms with E-state index in [1.54, 1.807) is 12.1 Å². The van der Waals surface area contributed by atoms with Crippen molar-refractivity contribution in [3.8, 4) is 6.07 Å². The van der Waals surface area contributed by atoms with Gasteiger partial charge in [-0.2, -0.15) is 5.26 Å². The monoisotopic (exact) mass is 215 g/mol. The van der Waals surface area contributed by atoms with Gasteiger partial charge in [-0.25, -0.2) is 0 Å². The number of benzene rings is 1. The Morgan fingerprint density at radius 3 is 3.00 bits per heavy atom. The molecule has 1 heterocycles. The predicted octanol–water partition coefficient (Wildman–Crippen LogP) is 0.394. The molecule has 1 aromatic rings. The summed E-state index contributed by atoms with van der Waals surface area (Å²) in [5.74, 6) is 0.195. The Labute approximate surface area is 94.3 Å². The molecule has 1 aromatic carbocycles. The van der Waals surface area contributed by atoms with E-state index < -0.39 is 0 Å². The van der Waals surface area contributed by atoms with E-state index in [2.05, 4.69) is 16.7 Å². The Balaban J connectivity index is 1.89. The van der Waals surface area contributed by atoms with Crippen LogP contribution in [0, 0.1) is 17.2 Å². The average Bonchev–Trinajstić information content (AvgIpc) is 2.24. The molecule has 4 heteroatoms. The number of nitrogens with zero attached hydrogens (tertiary/aromatic N) is 1. The lowest BCUT2D eigenvalue weighted by molar-refractivity contribution is -0.126. The van der Waals surface area contributed by atoms with Crippen molar-refractivity contribution in [1.29, 1.82) is 5.26 Å². The van der Waals surface area contributed by atoms with Crippen LogP contribution in [0.25, 0.3) is 0 Å². The van der Waals surface area contributed by atoms with Crippen LogP contribution >= 0.6 is 0 Å². The van der Waals surface area contributed by atoms with Crippen LogP contribution in [-0.2, 0) is 11.3 Å². The lowest BCUT2D eigenvalue weighted by Gasteiger charge is -2.25. The molecule has 0 radical (unpaired) electrons.